The molecule has 18 N–H and O–H groups in total. The van der Waals surface area contributed by atoms with Crippen LogP contribution in [0.15, 0.2) is 0 Å². The Labute approximate surface area is 310 Å². The van der Waals surface area contributed by atoms with Crippen molar-refractivity contribution < 1.29 is 125 Å². The molecular weight excluding hydrogens is 762 g/mol. The molecule has 3 rings (SSSR count). The van der Waals surface area contributed by atoms with E-state index in [2.05, 4.69) is 5.32 Å². The van der Waals surface area contributed by atoms with Gasteiger partial charge in [-0.3, -0.25) is 4.79 Å². The number of aliphatic hydroxyl groups is 16. The van der Waals surface area contributed by atoms with Gasteiger partial charge in [0.2, 0.25) is 5.91 Å². The standard InChI is InChI=1S/C29H51NO25/c31-2-9(37)16(41)23(11(39)4-33)53-27-22(47)25(54-26-21(46)20(45)18(43)12(5-34)51-26)19(44)13(52-27)7-50-29(28(48)49)1-8(36)15(30-14(40)6-35)24(55-29)17(42)10(38)3-32/h8-13,15-27,31-39,41-47H,1-7H2,(H,30,40)(H,48,49)/t8-,9-,10+,11+,12+,13+,15+,16+,17+,18-,19-,20-,21+,22+,23+,24+,25-,26-,27-,29+/m0/s1. The zero-order valence-corrected chi connectivity index (χ0v) is 28.8. The van der Waals surface area contributed by atoms with E-state index in [1.54, 1.807) is 0 Å². The minimum atomic E-state index is -3.05. The van der Waals surface area contributed by atoms with Crippen molar-refractivity contribution in [3.05, 3.63) is 0 Å². The van der Waals surface area contributed by atoms with E-state index >= 15 is 0 Å². The summed E-state index contributed by atoms with van der Waals surface area (Å²) in [5.41, 5.74) is 0. The molecule has 0 saturated carbocycles. The van der Waals surface area contributed by atoms with Crippen LogP contribution in [0.1, 0.15) is 6.42 Å². The van der Waals surface area contributed by atoms with Crippen LogP contribution in [-0.2, 0) is 38.0 Å². The lowest BCUT2D eigenvalue weighted by Crippen LogP contribution is -2.69. The number of nitrogens with one attached hydrogen (secondary N) is 1. The Morgan fingerprint density at radius 1 is 0.745 bits per heavy atom. The lowest BCUT2D eigenvalue weighted by Gasteiger charge is -2.48. The second kappa shape index (κ2) is 20.7. The van der Waals surface area contributed by atoms with Crippen LogP contribution in [0.4, 0.5) is 0 Å². The van der Waals surface area contributed by atoms with Crippen LogP contribution in [0.2, 0.25) is 0 Å². The first-order valence-electron chi connectivity index (χ1n) is 16.8. The number of ether oxygens (including phenoxy) is 6. The van der Waals surface area contributed by atoms with E-state index < -0.39 is 180 Å². The number of rotatable bonds is 19. The quantitative estimate of drug-likeness (QED) is 0.0575. The molecule has 3 aliphatic rings. The molecular formula is C29H51NO25. The Hall–Kier alpha value is -1.94. The Morgan fingerprint density at radius 3 is 1.89 bits per heavy atom. The average Bonchev–Trinajstić information content (AvgIpc) is 3.17. The molecule has 3 heterocycles. The molecule has 0 spiro atoms. The third-order valence-electron chi connectivity index (χ3n) is 9.33. The molecule has 3 aliphatic heterocycles. The monoisotopic (exact) mass is 813 g/mol. The highest BCUT2D eigenvalue weighted by Crippen LogP contribution is 2.36. The number of carbonyl (C=O) groups excluding carboxylic acids is 1. The van der Waals surface area contributed by atoms with Gasteiger partial charge in [-0.25, -0.2) is 4.79 Å². The summed E-state index contributed by atoms with van der Waals surface area (Å²) in [4.78, 5) is 24.6. The molecule has 0 aliphatic carbocycles. The van der Waals surface area contributed by atoms with Crippen molar-refractivity contribution in [1.29, 1.82) is 0 Å². The number of hydrogen-bond donors (Lipinski definition) is 18. The molecule has 322 valence electrons. The van der Waals surface area contributed by atoms with Crippen LogP contribution in [0.3, 0.4) is 0 Å². The van der Waals surface area contributed by atoms with Crippen LogP contribution in [0.5, 0.6) is 0 Å². The number of amides is 1. The highest BCUT2D eigenvalue weighted by atomic mass is 16.8. The van der Waals surface area contributed by atoms with Crippen molar-refractivity contribution in [2.75, 3.05) is 39.6 Å². The summed E-state index contributed by atoms with van der Waals surface area (Å²) in [6.45, 7) is -6.65. The summed E-state index contributed by atoms with van der Waals surface area (Å²) in [6, 6.07) is -1.73. The molecule has 26 nitrogen and oxygen atoms in total. The highest BCUT2D eigenvalue weighted by molar-refractivity contribution is 5.78. The van der Waals surface area contributed by atoms with Crippen molar-refractivity contribution in [3.63, 3.8) is 0 Å². The second-order valence-corrected chi connectivity index (χ2v) is 13.1. The molecule has 0 radical (unpaired) electrons. The lowest BCUT2D eigenvalue weighted by molar-refractivity contribution is -0.376. The van der Waals surface area contributed by atoms with Gasteiger partial charge in [-0.1, -0.05) is 0 Å². The Balaban J connectivity index is 2.01. The van der Waals surface area contributed by atoms with Gasteiger partial charge in [0.1, 0.15) is 98.2 Å². The van der Waals surface area contributed by atoms with Crippen LogP contribution in [-0.4, -0.2) is 260 Å². The molecule has 0 bridgehead atoms. The van der Waals surface area contributed by atoms with Crippen LogP contribution in [0.25, 0.3) is 0 Å². The first-order chi connectivity index (χ1) is 25.8. The van der Waals surface area contributed by atoms with E-state index in [-0.39, 0.29) is 0 Å². The zero-order chi connectivity index (χ0) is 41.5. The van der Waals surface area contributed by atoms with Crippen molar-refractivity contribution >= 4 is 11.9 Å². The summed E-state index contributed by atoms with van der Waals surface area (Å²) < 4.78 is 32.8. The van der Waals surface area contributed by atoms with Crippen LogP contribution < -0.4 is 5.32 Å². The number of hydrogen-bond acceptors (Lipinski definition) is 24. The summed E-state index contributed by atoms with van der Waals surface area (Å²) >= 11 is 0. The molecule has 0 aromatic heterocycles. The van der Waals surface area contributed by atoms with E-state index in [0.29, 0.717) is 0 Å². The third kappa shape index (κ3) is 10.8. The molecule has 20 atom stereocenters. The predicted octanol–water partition coefficient (Wildman–Crippen LogP) is -11.8. The summed E-state index contributed by atoms with van der Waals surface area (Å²) in [5.74, 6) is -6.21. The molecule has 1 amide bonds. The van der Waals surface area contributed by atoms with Gasteiger partial charge in [0, 0.05) is 6.42 Å². The molecule has 26 heteroatoms. The van der Waals surface area contributed by atoms with E-state index in [0.717, 1.165) is 0 Å². The third-order valence-corrected chi connectivity index (χ3v) is 9.33. The van der Waals surface area contributed by atoms with Crippen molar-refractivity contribution in [2.24, 2.45) is 0 Å². The van der Waals surface area contributed by atoms with Crippen LogP contribution >= 0.6 is 0 Å². The van der Waals surface area contributed by atoms with Crippen molar-refractivity contribution in [3.8, 4) is 0 Å². The highest BCUT2D eigenvalue weighted by Gasteiger charge is 2.58. The molecule has 3 saturated heterocycles. The maximum Gasteiger partial charge on any atom is 0.364 e. The molecule has 0 aromatic rings. The first-order valence-corrected chi connectivity index (χ1v) is 16.8. The largest absolute Gasteiger partial charge is 0.477 e. The first kappa shape index (κ1) is 47.4. The van der Waals surface area contributed by atoms with Crippen LogP contribution in [0, 0.1) is 0 Å². The molecule has 0 unspecified atom stereocenters. The number of carboxylic acid groups (broad SMARTS) is 1. The van der Waals surface area contributed by atoms with Gasteiger partial charge in [-0.05, 0) is 0 Å². The van der Waals surface area contributed by atoms with Gasteiger partial charge in [0.05, 0.1) is 45.2 Å². The van der Waals surface area contributed by atoms with Gasteiger partial charge < -0.3 is 121 Å². The maximum atomic E-state index is 12.7. The Kier molecular flexibility index (Phi) is 17.8. The number of aliphatic hydroxyl groups excluding tert-OH is 16. The fraction of sp³-hybridized carbons (Fsp3) is 0.931. The minimum absolute atomic E-state index is 0.934. The topological polar surface area (TPSA) is 445 Å². The number of aliphatic carboxylic acids is 1. The predicted molar refractivity (Wildman–Crippen MR) is 166 cm³/mol. The summed E-state index contributed by atoms with van der Waals surface area (Å²) in [5, 5.41) is 175. The van der Waals surface area contributed by atoms with Gasteiger partial charge in [-0.15, -0.1) is 0 Å². The molecule has 55 heavy (non-hydrogen) atoms. The lowest BCUT2D eigenvalue weighted by atomic mass is 9.88. The summed E-state index contributed by atoms with van der Waals surface area (Å²) in [7, 11) is 0. The van der Waals surface area contributed by atoms with E-state index in [9.17, 15) is 96.4 Å². The van der Waals surface area contributed by atoms with E-state index in [1.807, 2.05) is 0 Å². The van der Waals surface area contributed by atoms with E-state index in [4.69, 9.17) is 28.4 Å². The molecule has 3 fully saturated rings. The van der Waals surface area contributed by atoms with E-state index in [1.165, 1.54) is 0 Å². The normalized spacial score (nSPS) is 40.4. The Bertz CT molecular complexity index is 1200. The fourth-order valence-corrected chi connectivity index (χ4v) is 6.12. The smallest absolute Gasteiger partial charge is 0.364 e. The Morgan fingerprint density at radius 2 is 1.35 bits per heavy atom. The van der Waals surface area contributed by atoms with Crippen molar-refractivity contribution in [1.82, 2.24) is 5.32 Å². The van der Waals surface area contributed by atoms with Gasteiger partial charge in [0.25, 0.3) is 5.79 Å². The maximum absolute atomic E-state index is 12.7. The SMILES string of the molecule is O=C(CO)N[C@H]1[C@H]([C@H](O)[C@H](O)CO)O[C@@](OC[C@H]2O[C@@H](O[C@@H]([C@H](O)[C@@H](O)CO)[C@H](O)CO)[C@H](O)[C@@H](O[C@@H]3O[C@H](CO)[C@H](O)[C@H](O)[C@H]3O)[C@H]2O)(C(=O)O)C[C@@H]1O. The van der Waals surface area contributed by atoms with Gasteiger partial charge >= 0.3 is 5.97 Å². The van der Waals surface area contributed by atoms with Gasteiger partial charge in [-0.2, -0.15) is 0 Å². The number of carbonyl (C=O) groups is 2. The second-order valence-electron chi connectivity index (χ2n) is 13.1. The number of carboxylic acids is 1. The van der Waals surface area contributed by atoms with Gasteiger partial charge in [0.15, 0.2) is 12.6 Å². The summed E-state index contributed by atoms with van der Waals surface area (Å²) in [6.07, 6.45) is -38.4. The molecule has 0 aromatic carbocycles. The fourth-order valence-electron chi connectivity index (χ4n) is 6.12. The average molecular weight is 814 g/mol. The zero-order valence-electron chi connectivity index (χ0n) is 28.8. The van der Waals surface area contributed by atoms with Crippen molar-refractivity contribution in [2.45, 2.75) is 128 Å². The minimum Gasteiger partial charge on any atom is -0.477 e.